The Morgan fingerprint density at radius 1 is 1.19 bits per heavy atom. The van der Waals surface area contributed by atoms with Crippen molar-refractivity contribution in [3.05, 3.63) is 35.9 Å². The van der Waals surface area contributed by atoms with Crippen molar-refractivity contribution in [2.75, 3.05) is 7.05 Å². The largest absolute Gasteiger partial charge is 0.403 e. The van der Waals surface area contributed by atoms with Gasteiger partial charge in [0.15, 0.2) is 0 Å². The fourth-order valence-electron chi connectivity index (χ4n) is 1.43. The van der Waals surface area contributed by atoms with Gasteiger partial charge in [-0.25, -0.2) is 0 Å². The molecular weight excluding hydrogens is 239 g/mol. The zero-order valence-electron chi connectivity index (χ0n) is 8.92. The number of aryl methyl sites for hydroxylation is 1. The van der Waals surface area contributed by atoms with Gasteiger partial charge in [0.2, 0.25) is 0 Å². The second kappa shape index (κ2) is 6.76. The smallest absolute Gasteiger partial charge is 0.309 e. The van der Waals surface area contributed by atoms with Gasteiger partial charge in [0.05, 0.1) is 0 Å². The van der Waals surface area contributed by atoms with Crippen molar-refractivity contribution in [1.29, 1.82) is 0 Å². The van der Waals surface area contributed by atoms with E-state index < -0.39 is 12.2 Å². The van der Waals surface area contributed by atoms with Gasteiger partial charge >= 0.3 is 6.18 Å². The van der Waals surface area contributed by atoms with Gasteiger partial charge in [-0.05, 0) is 25.5 Å². The molecule has 1 aromatic carbocycles. The molecule has 0 saturated carbocycles. The molecule has 92 valence electrons. The molecule has 5 heteroatoms. The van der Waals surface area contributed by atoms with Gasteiger partial charge in [-0.3, -0.25) is 0 Å². The van der Waals surface area contributed by atoms with Crippen LogP contribution in [0.25, 0.3) is 0 Å². The quantitative estimate of drug-likeness (QED) is 0.869. The highest BCUT2D eigenvalue weighted by atomic mass is 35.5. The number of hydrogen-bond acceptors (Lipinski definition) is 1. The van der Waals surface area contributed by atoms with Crippen LogP contribution >= 0.6 is 12.4 Å². The van der Waals surface area contributed by atoms with Crippen molar-refractivity contribution >= 4 is 12.4 Å². The zero-order valence-corrected chi connectivity index (χ0v) is 9.74. The molecule has 1 N–H and O–H groups in total. The van der Waals surface area contributed by atoms with E-state index in [0.717, 1.165) is 5.56 Å². The minimum Gasteiger partial charge on any atom is -0.309 e. The Balaban J connectivity index is 0.00000225. The molecule has 0 bridgehead atoms. The highest BCUT2D eigenvalue weighted by molar-refractivity contribution is 5.85. The highest BCUT2D eigenvalue weighted by Gasteiger charge is 2.37. The number of hydrogen-bond donors (Lipinski definition) is 1. The number of rotatable bonds is 4. The van der Waals surface area contributed by atoms with Crippen LogP contribution < -0.4 is 5.32 Å². The SMILES string of the molecule is CNC(CCc1ccccc1)C(F)(F)F.Cl. The topological polar surface area (TPSA) is 12.0 Å². The Kier molecular flexibility index (Phi) is 6.45. The summed E-state index contributed by atoms with van der Waals surface area (Å²) in [6.07, 6.45) is -3.65. The fourth-order valence-corrected chi connectivity index (χ4v) is 1.43. The number of benzene rings is 1. The minimum absolute atomic E-state index is 0. The maximum absolute atomic E-state index is 12.4. The molecule has 0 heterocycles. The van der Waals surface area contributed by atoms with E-state index in [1.165, 1.54) is 7.05 Å². The standard InChI is InChI=1S/C11H14F3N.ClH/c1-15-10(11(12,13)14)8-7-9-5-3-2-4-6-9;/h2-6,10,15H,7-8H2,1H3;1H. The molecule has 0 radical (unpaired) electrons. The number of nitrogens with one attached hydrogen (secondary N) is 1. The third-order valence-electron chi connectivity index (χ3n) is 2.31. The van der Waals surface area contributed by atoms with Crippen LogP contribution in [-0.2, 0) is 6.42 Å². The van der Waals surface area contributed by atoms with E-state index in [1.807, 2.05) is 30.3 Å². The van der Waals surface area contributed by atoms with Gasteiger partial charge < -0.3 is 5.32 Å². The molecule has 1 unspecified atom stereocenters. The van der Waals surface area contributed by atoms with Crippen molar-refractivity contribution in [3.63, 3.8) is 0 Å². The minimum atomic E-state index is -4.16. The average molecular weight is 254 g/mol. The van der Waals surface area contributed by atoms with E-state index in [9.17, 15) is 13.2 Å². The van der Waals surface area contributed by atoms with E-state index in [0.29, 0.717) is 6.42 Å². The van der Waals surface area contributed by atoms with E-state index in [-0.39, 0.29) is 18.8 Å². The Labute approximate surface area is 99.5 Å². The number of halogens is 4. The third kappa shape index (κ3) is 4.86. The van der Waals surface area contributed by atoms with Crippen LogP contribution in [0.4, 0.5) is 13.2 Å². The highest BCUT2D eigenvalue weighted by Crippen LogP contribution is 2.23. The monoisotopic (exact) mass is 253 g/mol. The normalized spacial score (nSPS) is 13.0. The summed E-state index contributed by atoms with van der Waals surface area (Å²) in [5.41, 5.74) is 0.932. The third-order valence-corrected chi connectivity index (χ3v) is 2.31. The molecule has 0 aliphatic carbocycles. The van der Waals surface area contributed by atoms with Gasteiger partial charge in [0.1, 0.15) is 6.04 Å². The molecule has 0 saturated heterocycles. The van der Waals surface area contributed by atoms with Crippen molar-refractivity contribution in [3.8, 4) is 0 Å². The van der Waals surface area contributed by atoms with Gasteiger partial charge in [0.25, 0.3) is 0 Å². The van der Waals surface area contributed by atoms with Crippen LogP contribution in [0.2, 0.25) is 0 Å². The first kappa shape index (κ1) is 15.3. The molecule has 1 atom stereocenters. The maximum atomic E-state index is 12.4. The molecule has 0 aliphatic heterocycles. The summed E-state index contributed by atoms with van der Waals surface area (Å²) in [6.45, 7) is 0. The summed E-state index contributed by atoms with van der Waals surface area (Å²) in [7, 11) is 1.34. The van der Waals surface area contributed by atoms with Crippen LogP contribution in [0, 0.1) is 0 Å². The van der Waals surface area contributed by atoms with Crippen LogP contribution in [0.15, 0.2) is 30.3 Å². The van der Waals surface area contributed by atoms with Gasteiger partial charge in [0, 0.05) is 0 Å². The van der Waals surface area contributed by atoms with E-state index >= 15 is 0 Å². The molecule has 0 aliphatic rings. The maximum Gasteiger partial charge on any atom is 0.403 e. The van der Waals surface area contributed by atoms with Crippen LogP contribution in [-0.4, -0.2) is 19.3 Å². The number of alkyl halides is 3. The first-order chi connectivity index (χ1) is 7.04. The Morgan fingerprint density at radius 2 is 1.75 bits per heavy atom. The lowest BCUT2D eigenvalue weighted by Crippen LogP contribution is -2.40. The van der Waals surface area contributed by atoms with Gasteiger partial charge in [-0.2, -0.15) is 13.2 Å². The van der Waals surface area contributed by atoms with E-state index in [4.69, 9.17) is 0 Å². The van der Waals surface area contributed by atoms with Crippen molar-refractivity contribution in [2.24, 2.45) is 0 Å². The lowest BCUT2D eigenvalue weighted by atomic mass is 10.1. The van der Waals surface area contributed by atoms with Crippen molar-refractivity contribution in [2.45, 2.75) is 25.1 Å². The Morgan fingerprint density at radius 3 is 2.19 bits per heavy atom. The summed E-state index contributed by atoms with van der Waals surface area (Å²) in [5.74, 6) is 0. The molecule has 0 aromatic heterocycles. The molecule has 0 fully saturated rings. The molecule has 16 heavy (non-hydrogen) atoms. The molecule has 1 aromatic rings. The lowest BCUT2D eigenvalue weighted by molar-refractivity contribution is -0.155. The molecule has 0 spiro atoms. The summed E-state index contributed by atoms with van der Waals surface area (Å²) in [5, 5.41) is 2.29. The second-order valence-corrected chi connectivity index (χ2v) is 3.41. The van der Waals surface area contributed by atoms with Gasteiger partial charge in [-0.15, -0.1) is 12.4 Å². The first-order valence-electron chi connectivity index (χ1n) is 4.82. The van der Waals surface area contributed by atoms with Crippen LogP contribution in [0.5, 0.6) is 0 Å². The Bertz CT molecular complexity index is 287. The zero-order chi connectivity index (χ0) is 11.3. The second-order valence-electron chi connectivity index (χ2n) is 3.41. The molecular formula is C11H15ClF3N. The predicted molar refractivity (Wildman–Crippen MR) is 60.9 cm³/mol. The van der Waals surface area contributed by atoms with E-state index in [2.05, 4.69) is 5.32 Å². The van der Waals surface area contributed by atoms with Crippen LogP contribution in [0.1, 0.15) is 12.0 Å². The summed E-state index contributed by atoms with van der Waals surface area (Å²) < 4.78 is 37.1. The summed E-state index contributed by atoms with van der Waals surface area (Å²) in [6, 6.07) is 7.77. The average Bonchev–Trinajstić information content (AvgIpc) is 2.18. The van der Waals surface area contributed by atoms with Gasteiger partial charge in [-0.1, -0.05) is 30.3 Å². The molecule has 1 rings (SSSR count). The van der Waals surface area contributed by atoms with Crippen molar-refractivity contribution in [1.82, 2.24) is 5.32 Å². The molecule has 0 amide bonds. The summed E-state index contributed by atoms with van der Waals surface area (Å²) in [4.78, 5) is 0. The van der Waals surface area contributed by atoms with Crippen molar-refractivity contribution < 1.29 is 13.2 Å². The fraction of sp³-hybridized carbons (Fsp3) is 0.455. The Hall–Kier alpha value is -0.740. The summed E-state index contributed by atoms with van der Waals surface area (Å²) >= 11 is 0. The first-order valence-corrected chi connectivity index (χ1v) is 4.82. The predicted octanol–water partition coefficient (Wildman–Crippen LogP) is 3.19. The lowest BCUT2D eigenvalue weighted by Gasteiger charge is -2.19. The van der Waals surface area contributed by atoms with Crippen LogP contribution in [0.3, 0.4) is 0 Å². The molecule has 1 nitrogen and oxygen atoms in total. The van der Waals surface area contributed by atoms with E-state index in [1.54, 1.807) is 0 Å².